The van der Waals surface area contributed by atoms with Gasteiger partial charge in [-0.05, 0) is 17.7 Å². The summed E-state index contributed by atoms with van der Waals surface area (Å²) in [5.41, 5.74) is 0.952. The van der Waals surface area contributed by atoms with Gasteiger partial charge in [-0.3, -0.25) is 9.59 Å². The highest BCUT2D eigenvalue weighted by Gasteiger charge is 2.19. The van der Waals surface area contributed by atoms with Gasteiger partial charge in [0.25, 0.3) is 0 Å². The van der Waals surface area contributed by atoms with Crippen molar-refractivity contribution in [2.24, 2.45) is 0 Å². The van der Waals surface area contributed by atoms with Crippen molar-refractivity contribution in [3.63, 3.8) is 0 Å². The summed E-state index contributed by atoms with van der Waals surface area (Å²) in [4.78, 5) is 27.3. The van der Waals surface area contributed by atoms with E-state index in [-0.39, 0.29) is 11.8 Å². The van der Waals surface area contributed by atoms with Crippen LogP contribution in [0.15, 0.2) is 42.5 Å². The Balaban J connectivity index is 1.54. The van der Waals surface area contributed by atoms with E-state index in [1.165, 1.54) is 0 Å². The molecule has 25 heavy (non-hydrogen) atoms. The average molecular weight is 339 g/mol. The first-order chi connectivity index (χ1) is 12.1. The Hall–Kier alpha value is -2.96. The number of amides is 2. The van der Waals surface area contributed by atoms with Crippen LogP contribution >= 0.6 is 0 Å². The third-order valence-electron chi connectivity index (χ3n) is 4.17. The molecule has 1 N–H and O–H groups in total. The van der Waals surface area contributed by atoms with Crippen molar-refractivity contribution >= 4 is 23.5 Å². The molecule has 1 saturated heterocycles. The normalized spacial score (nSPS) is 14.3. The predicted molar refractivity (Wildman–Crippen MR) is 95.3 cm³/mol. The van der Waals surface area contributed by atoms with E-state index in [0.717, 1.165) is 24.5 Å². The van der Waals surface area contributed by atoms with Gasteiger partial charge < -0.3 is 15.1 Å². The lowest BCUT2D eigenvalue weighted by Crippen LogP contribution is -2.48. The van der Waals surface area contributed by atoms with Crippen LogP contribution in [0.1, 0.15) is 12.5 Å². The van der Waals surface area contributed by atoms with Crippen molar-refractivity contribution in [2.75, 3.05) is 36.4 Å². The fourth-order valence-electron chi connectivity index (χ4n) is 2.78. The number of carbonyl (C=O) groups is 2. The largest absolute Gasteiger partial charge is 0.352 e. The molecule has 1 aliphatic rings. The number of carbonyl (C=O) groups excluding carboxylic acids is 2. The molecule has 2 aromatic rings. The molecule has 2 heterocycles. The number of nitrogens with one attached hydrogen (secondary N) is 1. The number of benzene rings is 1. The Labute approximate surface area is 146 Å². The quantitative estimate of drug-likeness (QED) is 0.909. The van der Waals surface area contributed by atoms with Gasteiger partial charge in [-0.15, -0.1) is 10.2 Å². The second-order valence-electron chi connectivity index (χ2n) is 5.98. The van der Waals surface area contributed by atoms with Gasteiger partial charge in [-0.2, -0.15) is 0 Å². The number of hydrogen-bond acceptors (Lipinski definition) is 5. The van der Waals surface area contributed by atoms with Crippen molar-refractivity contribution in [3.05, 3.63) is 48.0 Å². The van der Waals surface area contributed by atoms with E-state index >= 15 is 0 Å². The molecule has 1 aromatic heterocycles. The van der Waals surface area contributed by atoms with E-state index in [4.69, 9.17) is 0 Å². The molecule has 0 aliphatic carbocycles. The second-order valence-corrected chi connectivity index (χ2v) is 5.98. The Morgan fingerprint density at radius 3 is 2.32 bits per heavy atom. The number of nitrogens with zero attached hydrogens (tertiary/aromatic N) is 4. The van der Waals surface area contributed by atoms with Crippen LogP contribution in [-0.2, 0) is 16.0 Å². The first kappa shape index (κ1) is 16.9. The first-order valence-electron chi connectivity index (χ1n) is 8.30. The van der Waals surface area contributed by atoms with Gasteiger partial charge in [0.2, 0.25) is 11.8 Å². The second kappa shape index (κ2) is 7.74. The van der Waals surface area contributed by atoms with Crippen molar-refractivity contribution in [2.45, 2.75) is 13.3 Å². The number of aromatic nitrogens is 2. The minimum atomic E-state index is -0.122. The van der Waals surface area contributed by atoms with Gasteiger partial charge in [-0.1, -0.05) is 30.3 Å². The Bertz CT molecular complexity index is 725. The van der Waals surface area contributed by atoms with Gasteiger partial charge in [0.1, 0.15) is 0 Å². The highest BCUT2D eigenvalue weighted by molar-refractivity contribution is 5.91. The maximum Gasteiger partial charge on any atom is 0.229 e. The van der Waals surface area contributed by atoms with Crippen LogP contribution in [0.25, 0.3) is 0 Å². The molecule has 1 aromatic carbocycles. The lowest BCUT2D eigenvalue weighted by molar-refractivity contribution is -0.129. The molecule has 7 heteroatoms. The Kier molecular flexibility index (Phi) is 5.23. The summed E-state index contributed by atoms with van der Waals surface area (Å²) in [7, 11) is 0. The smallest absolute Gasteiger partial charge is 0.229 e. The molecule has 1 fully saturated rings. The maximum atomic E-state index is 12.0. The molecule has 0 spiro atoms. The van der Waals surface area contributed by atoms with Crippen LogP contribution in [0.3, 0.4) is 0 Å². The molecule has 130 valence electrons. The molecule has 3 rings (SSSR count). The van der Waals surface area contributed by atoms with Crippen LogP contribution < -0.4 is 10.2 Å². The molecular weight excluding hydrogens is 318 g/mol. The van der Waals surface area contributed by atoms with Crippen molar-refractivity contribution in [1.82, 2.24) is 15.1 Å². The van der Waals surface area contributed by atoms with E-state index in [1.807, 2.05) is 41.3 Å². The van der Waals surface area contributed by atoms with Crippen molar-refractivity contribution in [3.8, 4) is 0 Å². The predicted octanol–water partition coefficient (Wildman–Crippen LogP) is 1.33. The zero-order valence-corrected chi connectivity index (χ0v) is 14.2. The van der Waals surface area contributed by atoms with Gasteiger partial charge in [0.15, 0.2) is 11.6 Å². The van der Waals surface area contributed by atoms with Gasteiger partial charge >= 0.3 is 0 Å². The van der Waals surface area contributed by atoms with Crippen LogP contribution in [0.5, 0.6) is 0 Å². The monoisotopic (exact) mass is 339 g/mol. The fraction of sp³-hybridized carbons (Fsp3) is 0.333. The van der Waals surface area contributed by atoms with E-state index in [9.17, 15) is 9.59 Å². The zero-order chi connectivity index (χ0) is 17.6. The summed E-state index contributed by atoms with van der Waals surface area (Å²) in [6, 6.07) is 13.1. The molecule has 0 bridgehead atoms. The van der Waals surface area contributed by atoms with Gasteiger partial charge in [0, 0.05) is 33.1 Å². The van der Waals surface area contributed by atoms with Crippen LogP contribution in [-0.4, -0.2) is 53.1 Å². The van der Waals surface area contributed by atoms with E-state index in [2.05, 4.69) is 20.4 Å². The highest BCUT2D eigenvalue weighted by atomic mass is 16.2. The minimum absolute atomic E-state index is 0.0993. The van der Waals surface area contributed by atoms with Crippen LogP contribution in [0.4, 0.5) is 11.6 Å². The molecule has 0 radical (unpaired) electrons. The molecule has 0 atom stereocenters. The molecule has 0 saturated carbocycles. The van der Waals surface area contributed by atoms with Crippen LogP contribution in [0.2, 0.25) is 0 Å². The molecule has 2 amide bonds. The summed E-state index contributed by atoms with van der Waals surface area (Å²) in [5, 5.41) is 11.0. The molecule has 7 nitrogen and oxygen atoms in total. The summed E-state index contributed by atoms with van der Waals surface area (Å²) in [5.74, 6) is 1.17. The highest BCUT2D eigenvalue weighted by Crippen LogP contribution is 2.14. The third kappa shape index (κ3) is 4.53. The standard InChI is InChI=1S/C18H21N5O2/c1-14(24)22-9-11-23(12-10-22)17-8-7-16(20-21-17)19-18(25)13-15-5-3-2-4-6-15/h2-8H,9-13H2,1H3,(H,19,20,25). The first-order valence-corrected chi connectivity index (χ1v) is 8.30. The molecule has 0 unspecified atom stereocenters. The van der Waals surface area contributed by atoms with Crippen molar-refractivity contribution < 1.29 is 9.59 Å². The van der Waals surface area contributed by atoms with Crippen molar-refractivity contribution in [1.29, 1.82) is 0 Å². The topological polar surface area (TPSA) is 78.4 Å². The molecular formula is C18H21N5O2. The lowest BCUT2D eigenvalue weighted by Gasteiger charge is -2.34. The summed E-state index contributed by atoms with van der Waals surface area (Å²) >= 11 is 0. The summed E-state index contributed by atoms with van der Waals surface area (Å²) in [6.07, 6.45) is 0.303. The van der Waals surface area contributed by atoms with E-state index in [0.29, 0.717) is 25.3 Å². The van der Waals surface area contributed by atoms with Crippen LogP contribution in [0, 0.1) is 0 Å². The Morgan fingerprint density at radius 1 is 1.00 bits per heavy atom. The maximum absolute atomic E-state index is 12.0. The number of anilines is 2. The average Bonchev–Trinajstić information content (AvgIpc) is 2.63. The Morgan fingerprint density at radius 2 is 1.72 bits per heavy atom. The minimum Gasteiger partial charge on any atom is -0.352 e. The zero-order valence-electron chi connectivity index (χ0n) is 14.2. The summed E-state index contributed by atoms with van der Waals surface area (Å²) < 4.78 is 0. The van der Waals surface area contributed by atoms with Gasteiger partial charge in [0.05, 0.1) is 6.42 Å². The SMILES string of the molecule is CC(=O)N1CCN(c2ccc(NC(=O)Cc3ccccc3)nn2)CC1. The summed E-state index contributed by atoms with van der Waals surface area (Å²) in [6.45, 7) is 4.42. The lowest BCUT2D eigenvalue weighted by atomic mass is 10.1. The number of piperazine rings is 1. The number of rotatable bonds is 4. The fourth-order valence-corrected chi connectivity index (χ4v) is 2.78. The van der Waals surface area contributed by atoms with E-state index in [1.54, 1.807) is 13.0 Å². The van der Waals surface area contributed by atoms with Gasteiger partial charge in [-0.25, -0.2) is 0 Å². The third-order valence-corrected chi connectivity index (χ3v) is 4.17. The molecule has 1 aliphatic heterocycles. The number of hydrogen-bond donors (Lipinski definition) is 1. The van der Waals surface area contributed by atoms with E-state index < -0.39 is 0 Å².